The summed E-state index contributed by atoms with van der Waals surface area (Å²) in [6, 6.07) is 5.40. The Balaban J connectivity index is 3.16. The summed E-state index contributed by atoms with van der Waals surface area (Å²) >= 11 is 0. The van der Waals surface area contributed by atoms with Gasteiger partial charge in [0.05, 0.1) is 11.1 Å². The lowest BCUT2D eigenvalue weighted by molar-refractivity contribution is 0.0698. The molecular formula is C13H13NO3. The van der Waals surface area contributed by atoms with Crippen molar-refractivity contribution in [3.8, 4) is 0 Å². The van der Waals surface area contributed by atoms with Gasteiger partial charge in [-0.15, -0.1) is 0 Å². The molecule has 0 bridgehead atoms. The summed E-state index contributed by atoms with van der Waals surface area (Å²) in [5.41, 5.74) is 1.69. The van der Waals surface area contributed by atoms with Crippen LogP contribution in [-0.4, -0.2) is 15.6 Å². The van der Waals surface area contributed by atoms with Crippen LogP contribution in [0, 0.1) is 13.8 Å². The lowest BCUT2D eigenvalue weighted by Crippen LogP contribution is -2.23. The van der Waals surface area contributed by atoms with Crippen molar-refractivity contribution in [3.05, 3.63) is 45.2 Å². The molecule has 0 fully saturated rings. The second-order valence-electron chi connectivity index (χ2n) is 4.14. The van der Waals surface area contributed by atoms with Gasteiger partial charge in [0, 0.05) is 18.0 Å². The molecule has 2 aromatic rings. The normalized spacial score (nSPS) is 10.8. The van der Waals surface area contributed by atoms with Crippen LogP contribution in [0.25, 0.3) is 10.9 Å². The fraction of sp³-hybridized carbons (Fsp3) is 0.231. The smallest absolute Gasteiger partial charge is 0.336 e. The highest BCUT2D eigenvalue weighted by Gasteiger charge is 2.17. The first-order chi connectivity index (χ1) is 7.95. The van der Waals surface area contributed by atoms with Gasteiger partial charge in [0.15, 0.2) is 0 Å². The number of pyridine rings is 1. The minimum absolute atomic E-state index is 0.104. The number of nitrogens with zero attached hydrogens (tertiary/aromatic N) is 1. The number of rotatable bonds is 1. The first kappa shape index (κ1) is 11.4. The van der Waals surface area contributed by atoms with Crippen molar-refractivity contribution in [2.75, 3.05) is 0 Å². The number of hydrogen-bond donors (Lipinski definition) is 1. The van der Waals surface area contributed by atoms with Crippen LogP contribution in [0.2, 0.25) is 0 Å². The molecule has 1 aromatic heterocycles. The highest BCUT2D eigenvalue weighted by Crippen LogP contribution is 2.22. The molecule has 0 amide bonds. The molecule has 0 aliphatic rings. The number of carbonyl (C=O) groups is 1. The van der Waals surface area contributed by atoms with Crippen LogP contribution in [0.4, 0.5) is 0 Å². The number of fused-ring (bicyclic) bond motifs is 1. The Morgan fingerprint density at radius 2 is 1.94 bits per heavy atom. The zero-order valence-corrected chi connectivity index (χ0v) is 9.94. The molecule has 88 valence electrons. The molecular weight excluding hydrogens is 218 g/mol. The number of benzene rings is 1. The molecule has 0 aliphatic carbocycles. The summed E-state index contributed by atoms with van der Waals surface area (Å²) < 4.78 is 1.51. The second-order valence-corrected chi connectivity index (χ2v) is 4.14. The Labute approximate surface area is 98.1 Å². The fourth-order valence-corrected chi connectivity index (χ4v) is 2.24. The van der Waals surface area contributed by atoms with E-state index in [9.17, 15) is 14.7 Å². The van der Waals surface area contributed by atoms with Crippen molar-refractivity contribution in [2.24, 2.45) is 7.05 Å². The van der Waals surface area contributed by atoms with Crippen molar-refractivity contribution in [2.45, 2.75) is 13.8 Å². The second kappa shape index (κ2) is 3.73. The molecule has 1 heterocycles. The molecule has 0 atom stereocenters. The Morgan fingerprint density at radius 3 is 2.53 bits per heavy atom. The highest BCUT2D eigenvalue weighted by molar-refractivity contribution is 6.04. The van der Waals surface area contributed by atoms with E-state index < -0.39 is 5.97 Å². The molecule has 2 rings (SSSR count). The largest absolute Gasteiger partial charge is 0.478 e. The third-order valence-corrected chi connectivity index (χ3v) is 3.06. The van der Waals surface area contributed by atoms with Crippen LogP contribution in [0.5, 0.6) is 0 Å². The van der Waals surface area contributed by atoms with E-state index >= 15 is 0 Å². The van der Waals surface area contributed by atoms with Crippen LogP contribution >= 0.6 is 0 Å². The molecule has 0 aliphatic heterocycles. The zero-order chi connectivity index (χ0) is 12.7. The van der Waals surface area contributed by atoms with Gasteiger partial charge in [-0.2, -0.15) is 0 Å². The quantitative estimate of drug-likeness (QED) is 0.814. The van der Waals surface area contributed by atoms with Crippen LogP contribution in [0.1, 0.15) is 21.5 Å². The number of aromatic nitrogens is 1. The summed E-state index contributed by atoms with van der Waals surface area (Å²) in [4.78, 5) is 23.2. The van der Waals surface area contributed by atoms with E-state index in [4.69, 9.17) is 0 Å². The van der Waals surface area contributed by atoms with E-state index in [1.807, 2.05) is 13.0 Å². The van der Waals surface area contributed by atoms with Gasteiger partial charge in [-0.3, -0.25) is 4.79 Å². The number of carboxylic acid groups (broad SMARTS) is 1. The van der Waals surface area contributed by atoms with Gasteiger partial charge in [0.1, 0.15) is 0 Å². The molecule has 1 aromatic carbocycles. The van der Waals surface area contributed by atoms with Crippen molar-refractivity contribution in [1.82, 2.24) is 4.57 Å². The van der Waals surface area contributed by atoms with E-state index in [0.29, 0.717) is 10.9 Å². The van der Waals surface area contributed by atoms with E-state index in [0.717, 1.165) is 5.56 Å². The number of aryl methyl sites for hydroxylation is 2. The fourth-order valence-electron chi connectivity index (χ4n) is 2.24. The topological polar surface area (TPSA) is 59.3 Å². The minimum atomic E-state index is -1.06. The van der Waals surface area contributed by atoms with Gasteiger partial charge in [0.2, 0.25) is 0 Å². The molecule has 1 N–H and O–H groups in total. The van der Waals surface area contributed by atoms with Crippen molar-refractivity contribution < 1.29 is 9.90 Å². The maximum Gasteiger partial charge on any atom is 0.336 e. The summed E-state index contributed by atoms with van der Waals surface area (Å²) in [6.45, 7) is 3.41. The van der Waals surface area contributed by atoms with Gasteiger partial charge in [-0.1, -0.05) is 18.2 Å². The SMILES string of the molecule is Cc1c(C(=O)O)c2cccc(C)c2n(C)c1=O. The first-order valence-corrected chi connectivity index (χ1v) is 5.27. The molecule has 4 nitrogen and oxygen atoms in total. The van der Waals surface area contributed by atoms with Gasteiger partial charge in [0.25, 0.3) is 5.56 Å². The maximum absolute atomic E-state index is 12.0. The molecule has 17 heavy (non-hydrogen) atoms. The number of para-hydroxylation sites is 1. The van der Waals surface area contributed by atoms with Gasteiger partial charge in [-0.05, 0) is 19.4 Å². The third kappa shape index (κ3) is 1.53. The van der Waals surface area contributed by atoms with Crippen molar-refractivity contribution in [3.63, 3.8) is 0 Å². The summed E-state index contributed by atoms with van der Waals surface area (Å²) in [7, 11) is 1.66. The van der Waals surface area contributed by atoms with Crippen LogP contribution in [0.15, 0.2) is 23.0 Å². The Bertz CT molecular complexity index is 683. The maximum atomic E-state index is 12.0. The Morgan fingerprint density at radius 1 is 1.29 bits per heavy atom. The summed E-state index contributed by atoms with van der Waals surface area (Å²) in [5.74, 6) is -1.06. The molecule has 0 radical (unpaired) electrons. The predicted octanol–water partition coefficient (Wildman–Crippen LogP) is 1.85. The molecule has 4 heteroatoms. The Hall–Kier alpha value is -2.10. The molecule has 0 saturated carbocycles. The Kier molecular flexibility index (Phi) is 2.50. The molecule has 0 spiro atoms. The number of hydrogen-bond acceptors (Lipinski definition) is 2. The first-order valence-electron chi connectivity index (χ1n) is 5.27. The average Bonchev–Trinajstić information content (AvgIpc) is 2.25. The van der Waals surface area contributed by atoms with E-state index in [2.05, 4.69) is 0 Å². The van der Waals surface area contributed by atoms with Crippen LogP contribution in [-0.2, 0) is 7.05 Å². The number of aromatic carboxylic acids is 1. The summed E-state index contributed by atoms with van der Waals surface area (Å²) in [6.07, 6.45) is 0. The van der Waals surface area contributed by atoms with Gasteiger partial charge >= 0.3 is 5.97 Å². The zero-order valence-electron chi connectivity index (χ0n) is 9.94. The lowest BCUT2D eigenvalue weighted by atomic mass is 10.0. The van der Waals surface area contributed by atoms with E-state index in [1.54, 1.807) is 26.1 Å². The molecule has 0 saturated heterocycles. The predicted molar refractivity (Wildman–Crippen MR) is 65.6 cm³/mol. The molecule has 0 unspecified atom stereocenters. The minimum Gasteiger partial charge on any atom is -0.478 e. The van der Waals surface area contributed by atoms with E-state index in [1.165, 1.54) is 4.57 Å². The standard InChI is InChI=1S/C13H13NO3/c1-7-5-4-6-9-10(13(16)17)8(2)12(15)14(3)11(7)9/h4-6H,1-3H3,(H,16,17). The number of carboxylic acids is 1. The van der Waals surface area contributed by atoms with Crippen LogP contribution < -0.4 is 5.56 Å². The monoisotopic (exact) mass is 231 g/mol. The lowest BCUT2D eigenvalue weighted by Gasteiger charge is -2.12. The third-order valence-electron chi connectivity index (χ3n) is 3.06. The van der Waals surface area contributed by atoms with E-state index in [-0.39, 0.29) is 16.7 Å². The van der Waals surface area contributed by atoms with Crippen LogP contribution in [0.3, 0.4) is 0 Å². The summed E-state index contributed by atoms with van der Waals surface area (Å²) in [5, 5.41) is 9.83. The van der Waals surface area contributed by atoms with Gasteiger partial charge < -0.3 is 9.67 Å². The average molecular weight is 231 g/mol. The van der Waals surface area contributed by atoms with Crippen molar-refractivity contribution in [1.29, 1.82) is 0 Å². The van der Waals surface area contributed by atoms with Gasteiger partial charge in [-0.25, -0.2) is 4.79 Å². The van der Waals surface area contributed by atoms with Crippen molar-refractivity contribution >= 4 is 16.9 Å². The highest BCUT2D eigenvalue weighted by atomic mass is 16.4.